The minimum atomic E-state index is -0.817. The summed E-state index contributed by atoms with van der Waals surface area (Å²) in [7, 11) is 0. The molecule has 2 aromatic carbocycles. The number of benzene rings is 2. The van der Waals surface area contributed by atoms with Gasteiger partial charge in [-0.15, -0.1) is 0 Å². The van der Waals surface area contributed by atoms with Crippen molar-refractivity contribution in [1.29, 1.82) is 0 Å². The molecule has 4 heteroatoms. The molecule has 0 amide bonds. The summed E-state index contributed by atoms with van der Waals surface area (Å²) in [4.78, 5) is 0. The summed E-state index contributed by atoms with van der Waals surface area (Å²) >= 11 is 3.27. The Hall–Kier alpha value is -1.23. The normalized spacial score (nSPS) is 21.6. The van der Waals surface area contributed by atoms with Crippen molar-refractivity contribution in [2.45, 2.75) is 31.0 Å². The predicted molar refractivity (Wildman–Crippen MR) is 87.8 cm³/mol. The zero-order valence-electron chi connectivity index (χ0n) is 12.0. The molecule has 0 unspecified atom stereocenters. The van der Waals surface area contributed by atoms with Gasteiger partial charge >= 0.3 is 0 Å². The molecule has 0 aromatic heterocycles. The molecule has 1 aliphatic rings. The number of hydrogen-bond acceptors (Lipinski definition) is 2. The highest BCUT2D eigenvalue weighted by atomic mass is 79.9. The Kier molecular flexibility index (Phi) is 4.62. The lowest BCUT2D eigenvalue weighted by molar-refractivity contribution is 0.103. The van der Waals surface area contributed by atoms with Crippen LogP contribution in [0.2, 0.25) is 0 Å². The lowest BCUT2D eigenvalue weighted by atomic mass is 9.85. The van der Waals surface area contributed by atoms with Gasteiger partial charge in [-0.2, -0.15) is 0 Å². The first-order chi connectivity index (χ1) is 10.6. The molecule has 2 aromatic rings. The molecule has 2 nitrogen and oxygen atoms in total. The third kappa shape index (κ3) is 2.96. The minimum Gasteiger partial charge on any atom is -0.392 e. The highest BCUT2D eigenvalue weighted by molar-refractivity contribution is 9.09. The van der Waals surface area contributed by atoms with Crippen LogP contribution in [0, 0.1) is 5.82 Å². The van der Waals surface area contributed by atoms with E-state index < -0.39 is 12.2 Å². The number of aliphatic hydroxyl groups excluding tert-OH is 2. The zero-order valence-corrected chi connectivity index (χ0v) is 13.6. The van der Waals surface area contributed by atoms with Crippen molar-refractivity contribution in [2.24, 2.45) is 0 Å². The lowest BCUT2D eigenvalue weighted by Crippen LogP contribution is -2.19. The van der Waals surface area contributed by atoms with E-state index in [1.165, 1.54) is 12.1 Å². The summed E-state index contributed by atoms with van der Waals surface area (Å²) in [6.07, 6.45) is -0.269. The molecule has 0 fully saturated rings. The standard InChI is InChI=1S/C18H18BrFO2/c19-10-14(21)9-17-15-4-2-1-3-11(15)7-12-5-6-13(20)8-16(12)18(17)22/h1-6,8,14,17-18,21-22H,7,9-10H2/t14-,17-,18-/m1/s1. The topological polar surface area (TPSA) is 40.5 Å². The Morgan fingerprint density at radius 1 is 1.14 bits per heavy atom. The smallest absolute Gasteiger partial charge is 0.123 e. The van der Waals surface area contributed by atoms with Crippen molar-refractivity contribution >= 4 is 15.9 Å². The van der Waals surface area contributed by atoms with E-state index in [4.69, 9.17) is 0 Å². The zero-order chi connectivity index (χ0) is 15.7. The summed E-state index contributed by atoms with van der Waals surface area (Å²) in [5.74, 6) is -0.588. The second-order valence-corrected chi connectivity index (χ2v) is 6.46. The Morgan fingerprint density at radius 2 is 1.86 bits per heavy atom. The average molecular weight is 365 g/mol. The van der Waals surface area contributed by atoms with Crippen molar-refractivity contribution in [3.63, 3.8) is 0 Å². The van der Waals surface area contributed by atoms with Crippen LogP contribution in [0.3, 0.4) is 0 Å². The fraction of sp³-hybridized carbons (Fsp3) is 0.333. The van der Waals surface area contributed by atoms with Gasteiger partial charge in [0.25, 0.3) is 0 Å². The van der Waals surface area contributed by atoms with Gasteiger partial charge in [-0.25, -0.2) is 4.39 Å². The SMILES string of the molecule is O[C@@H](CBr)C[C@@H]1c2ccccc2Cc2ccc(F)cc2[C@H]1O. The fourth-order valence-corrected chi connectivity index (χ4v) is 3.53. The average Bonchev–Trinajstić information content (AvgIpc) is 2.64. The summed E-state index contributed by atoms with van der Waals surface area (Å²) in [6, 6.07) is 12.5. The highest BCUT2D eigenvalue weighted by Gasteiger charge is 2.31. The molecule has 0 radical (unpaired) electrons. The first kappa shape index (κ1) is 15.7. The van der Waals surface area contributed by atoms with E-state index in [1.807, 2.05) is 24.3 Å². The third-order valence-electron chi connectivity index (χ3n) is 4.35. The van der Waals surface area contributed by atoms with Gasteiger partial charge in [0.15, 0.2) is 0 Å². The Morgan fingerprint density at radius 3 is 2.64 bits per heavy atom. The lowest BCUT2D eigenvalue weighted by Gasteiger charge is -2.25. The van der Waals surface area contributed by atoms with Crippen LogP contribution < -0.4 is 0 Å². The second kappa shape index (κ2) is 6.49. The van der Waals surface area contributed by atoms with Crippen molar-refractivity contribution < 1.29 is 14.6 Å². The molecule has 22 heavy (non-hydrogen) atoms. The summed E-state index contributed by atoms with van der Waals surface area (Å²) in [6.45, 7) is 0. The molecular formula is C18H18BrFO2. The van der Waals surface area contributed by atoms with E-state index in [1.54, 1.807) is 6.07 Å². The second-order valence-electron chi connectivity index (χ2n) is 5.81. The van der Waals surface area contributed by atoms with Crippen LogP contribution in [-0.4, -0.2) is 21.6 Å². The van der Waals surface area contributed by atoms with Gasteiger partial charge in [-0.3, -0.25) is 0 Å². The van der Waals surface area contributed by atoms with Gasteiger partial charge in [-0.1, -0.05) is 46.3 Å². The molecule has 0 heterocycles. The molecule has 0 aliphatic heterocycles. The van der Waals surface area contributed by atoms with E-state index in [2.05, 4.69) is 15.9 Å². The molecular weight excluding hydrogens is 347 g/mol. The fourth-order valence-electron chi connectivity index (χ4n) is 3.26. The van der Waals surface area contributed by atoms with Gasteiger partial charge in [0, 0.05) is 11.2 Å². The summed E-state index contributed by atoms with van der Waals surface area (Å²) in [5.41, 5.74) is 3.73. The van der Waals surface area contributed by atoms with Gasteiger partial charge in [0.1, 0.15) is 5.82 Å². The summed E-state index contributed by atoms with van der Waals surface area (Å²) in [5, 5.41) is 21.3. The first-order valence-corrected chi connectivity index (χ1v) is 8.50. The van der Waals surface area contributed by atoms with Crippen LogP contribution >= 0.6 is 15.9 Å². The highest BCUT2D eigenvalue weighted by Crippen LogP contribution is 2.41. The van der Waals surface area contributed by atoms with Crippen molar-refractivity contribution in [3.05, 3.63) is 70.5 Å². The van der Waals surface area contributed by atoms with Crippen LogP contribution in [0.25, 0.3) is 0 Å². The molecule has 2 N–H and O–H groups in total. The van der Waals surface area contributed by atoms with Crippen LogP contribution in [0.1, 0.15) is 40.7 Å². The van der Waals surface area contributed by atoms with E-state index in [-0.39, 0.29) is 11.7 Å². The van der Waals surface area contributed by atoms with Gasteiger partial charge in [0.2, 0.25) is 0 Å². The van der Waals surface area contributed by atoms with E-state index >= 15 is 0 Å². The monoisotopic (exact) mass is 364 g/mol. The first-order valence-electron chi connectivity index (χ1n) is 7.38. The molecule has 0 bridgehead atoms. The number of halogens is 2. The van der Waals surface area contributed by atoms with E-state index in [9.17, 15) is 14.6 Å². The maximum Gasteiger partial charge on any atom is 0.123 e. The number of aliphatic hydroxyl groups is 2. The van der Waals surface area contributed by atoms with E-state index in [0.29, 0.717) is 23.7 Å². The maximum atomic E-state index is 13.6. The molecule has 3 atom stereocenters. The van der Waals surface area contributed by atoms with Gasteiger partial charge in [0.05, 0.1) is 12.2 Å². The van der Waals surface area contributed by atoms with Crippen molar-refractivity contribution in [2.75, 3.05) is 5.33 Å². The Balaban J connectivity index is 2.11. The largest absolute Gasteiger partial charge is 0.392 e. The molecule has 3 rings (SSSR count). The van der Waals surface area contributed by atoms with Gasteiger partial charge in [-0.05, 0) is 47.2 Å². The predicted octanol–water partition coefficient (Wildman–Crippen LogP) is 3.69. The van der Waals surface area contributed by atoms with Gasteiger partial charge < -0.3 is 10.2 Å². The molecule has 0 saturated heterocycles. The van der Waals surface area contributed by atoms with E-state index in [0.717, 1.165) is 16.7 Å². The number of alkyl halides is 1. The molecule has 116 valence electrons. The molecule has 1 aliphatic carbocycles. The Bertz CT molecular complexity index is 674. The quantitative estimate of drug-likeness (QED) is 0.815. The maximum absolute atomic E-state index is 13.6. The molecule has 0 spiro atoms. The molecule has 0 saturated carbocycles. The number of hydrogen-bond donors (Lipinski definition) is 2. The van der Waals surface area contributed by atoms with Crippen LogP contribution in [0.4, 0.5) is 4.39 Å². The minimum absolute atomic E-state index is 0.244. The van der Waals surface area contributed by atoms with Crippen molar-refractivity contribution in [1.82, 2.24) is 0 Å². The number of fused-ring (bicyclic) bond motifs is 2. The number of rotatable bonds is 3. The van der Waals surface area contributed by atoms with Crippen LogP contribution in [0.5, 0.6) is 0 Å². The van der Waals surface area contributed by atoms with Crippen molar-refractivity contribution in [3.8, 4) is 0 Å². The third-order valence-corrected chi connectivity index (χ3v) is 5.09. The van der Waals surface area contributed by atoms with Crippen LogP contribution in [0.15, 0.2) is 42.5 Å². The summed E-state index contributed by atoms with van der Waals surface area (Å²) < 4.78 is 13.6. The Labute approximate surface area is 137 Å². The van der Waals surface area contributed by atoms with Crippen LogP contribution in [-0.2, 0) is 6.42 Å².